The Hall–Kier alpha value is -1.63. The predicted octanol–water partition coefficient (Wildman–Crippen LogP) is 2.12. The number of methoxy groups -OCH3 is 1. The van der Waals surface area contributed by atoms with Crippen LogP contribution in [0.2, 0.25) is 0 Å². The number of carbonyl (C=O) groups excluding carboxylic acids is 2. The molecule has 2 heterocycles. The molecule has 22 heavy (non-hydrogen) atoms. The number of rotatable bonds is 5. The van der Waals surface area contributed by atoms with E-state index in [4.69, 9.17) is 4.74 Å². The molecular formula is C15H23N3O3S. The van der Waals surface area contributed by atoms with Crippen LogP contribution in [0.4, 0.5) is 4.79 Å². The summed E-state index contributed by atoms with van der Waals surface area (Å²) in [6, 6.07) is -0.397. The van der Waals surface area contributed by atoms with Gasteiger partial charge in [0, 0.05) is 18.0 Å². The van der Waals surface area contributed by atoms with Crippen LogP contribution in [0.1, 0.15) is 36.3 Å². The SMILES string of the molecule is COC(=O)N1CCCC[C@H]1C(=O)NCCCc1scnc1C. The Morgan fingerprint density at radius 2 is 2.32 bits per heavy atom. The van der Waals surface area contributed by atoms with Crippen LogP contribution < -0.4 is 5.32 Å². The van der Waals surface area contributed by atoms with Gasteiger partial charge in [-0.05, 0) is 39.0 Å². The maximum Gasteiger partial charge on any atom is 0.410 e. The number of aromatic nitrogens is 1. The zero-order valence-electron chi connectivity index (χ0n) is 13.1. The van der Waals surface area contributed by atoms with Gasteiger partial charge >= 0.3 is 6.09 Å². The Balaban J connectivity index is 1.78. The molecule has 0 unspecified atom stereocenters. The molecule has 7 heteroatoms. The fourth-order valence-electron chi connectivity index (χ4n) is 2.68. The number of thiazole rings is 1. The normalized spacial score (nSPS) is 18.1. The molecule has 1 atom stereocenters. The summed E-state index contributed by atoms with van der Waals surface area (Å²) in [5.41, 5.74) is 2.92. The maximum absolute atomic E-state index is 12.3. The first-order chi connectivity index (χ1) is 10.6. The standard InChI is InChI=1S/C15H23N3O3S/c1-11-13(22-10-17-11)7-5-8-16-14(19)12-6-3-4-9-18(12)15(20)21-2/h10,12H,3-9H2,1-2H3,(H,16,19)/t12-/m0/s1. The lowest BCUT2D eigenvalue weighted by atomic mass is 10.0. The van der Waals surface area contributed by atoms with E-state index >= 15 is 0 Å². The first-order valence-electron chi connectivity index (χ1n) is 7.64. The lowest BCUT2D eigenvalue weighted by Crippen LogP contribution is -2.52. The Labute approximate surface area is 134 Å². The molecule has 6 nitrogen and oxygen atoms in total. The molecule has 0 spiro atoms. The molecular weight excluding hydrogens is 302 g/mol. The van der Waals surface area contributed by atoms with Crippen molar-refractivity contribution in [3.8, 4) is 0 Å². The van der Waals surface area contributed by atoms with Gasteiger partial charge in [-0.15, -0.1) is 11.3 Å². The third-order valence-corrected chi connectivity index (χ3v) is 4.93. The Morgan fingerprint density at radius 1 is 1.50 bits per heavy atom. The van der Waals surface area contributed by atoms with E-state index in [0.29, 0.717) is 19.5 Å². The van der Waals surface area contributed by atoms with Crippen LogP contribution in [0, 0.1) is 6.92 Å². The van der Waals surface area contributed by atoms with Crippen LogP contribution in [0.3, 0.4) is 0 Å². The van der Waals surface area contributed by atoms with Crippen molar-refractivity contribution in [2.45, 2.75) is 45.1 Å². The molecule has 1 fully saturated rings. The van der Waals surface area contributed by atoms with Crippen molar-refractivity contribution < 1.29 is 14.3 Å². The summed E-state index contributed by atoms with van der Waals surface area (Å²) in [5.74, 6) is -0.0777. The minimum atomic E-state index is -0.417. The van der Waals surface area contributed by atoms with Crippen LogP contribution in [0.15, 0.2) is 5.51 Å². The molecule has 0 saturated carbocycles. The van der Waals surface area contributed by atoms with Gasteiger partial charge in [-0.25, -0.2) is 9.78 Å². The summed E-state index contributed by atoms with van der Waals surface area (Å²) >= 11 is 1.65. The highest BCUT2D eigenvalue weighted by atomic mass is 32.1. The number of nitrogens with zero attached hydrogens (tertiary/aromatic N) is 2. The fourth-order valence-corrected chi connectivity index (χ4v) is 3.51. The third-order valence-electron chi connectivity index (χ3n) is 3.94. The Morgan fingerprint density at radius 3 is 3.00 bits per heavy atom. The number of hydrogen-bond acceptors (Lipinski definition) is 5. The van der Waals surface area contributed by atoms with Crippen LogP contribution >= 0.6 is 11.3 Å². The molecule has 2 amide bonds. The van der Waals surface area contributed by atoms with Gasteiger partial charge in [0.15, 0.2) is 0 Å². The van der Waals surface area contributed by atoms with Crippen LogP contribution in [0.25, 0.3) is 0 Å². The fraction of sp³-hybridized carbons (Fsp3) is 0.667. The van der Waals surface area contributed by atoms with Crippen molar-refractivity contribution in [3.63, 3.8) is 0 Å². The number of likely N-dealkylation sites (tertiary alicyclic amines) is 1. The van der Waals surface area contributed by atoms with Gasteiger partial charge in [0.25, 0.3) is 0 Å². The lowest BCUT2D eigenvalue weighted by molar-refractivity contribution is -0.126. The van der Waals surface area contributed by atoms with E-state index in [1.807, 2.05) is 12.4 Å². The number of carbonyl (C=O) groups is 2. The van der Waals surface area contributed by atoms with E-state index in [1.54, 1.807) is 11.3 Å². The zero-order valence-corrected chi connectivity index (χ0v) is 13.9. The molecule has 1 aromatic heterocycles. The second-order valence-electron chi connectivity index (χ2n) is 5.43. The molecule has 1 aliphatic rings. The van der Waals surface area contributed by atoms with Crippen molar-refractivity contribution in [2.75, 3.05) is 20.2 Å². The second kappa shape index (κ2) is 8.12. The summed E-state index contributed by atoms with van der Waals surface area (Å²) in [4.78, 5) is 31.0. The summed E-state index contributed by atoms with van der Waals surface area (Å²) in [6.45, 7) is 3.20. The minimum absolute atomic E-state index is 0.0777. The molecule has 2 rings (SSSR count). The first-order valence-corrected chi connectivity index (χ1v) is 8.52. The number of nitrogens with one attached hydrogen (secondary N) is 1. The van der Waals surface area contributed by atoms with Gasteiger partial charge in [-0.1, -0.05) is 0 Å². The largest absolute Gasteiger partial charge is 0.453 e. The van der Waals surface area contributed by atoms with E-state index in [9.17, 15) is 9.59 Å². The molecule has 1 saturated heterocycles. The van der Waals surface area contributed by atoms with Crippen LogP contribution in [0.5, 0.6) is 0 Å². The van der Waals surface area contributed by atoms with Gasteiger partial charge in [0.05, 0.1) is 18.3 Å². The monoisotopic (exact) mass is 325 g/mol. The molecule has 0 aliphatic carbocycles. The first kappa shape index (κ1) is 16.7. The van der Waals surface area contributed by atoms with Gasteiger partial charge in [-0.3, -0.25) is 9.69 Å². The molecule has 1 aliphatic heterocycles. The van der Waals surface area contributed by atoms with Crippen molar-refractivity contribution in [2.24, 2.45) is 0 Å². The Bertz CT molecular complexity index is 518. The zero-order chi connectivity index (χ0) is 15.9. The highest BCUT2D eigenvalue weighted by Crippen LogP contribution is 2.18. The average molecular weight is 325 g/mol. The minimum Gasteiger partial charge on any atom is -0.453 e. The summed E-state index contributed by atoms with van der Waals surface area (Å²) in [7, 11) is 1.35. The van der Waals surface area contributed by atoms with Crippen molar-refractivity contribution in [1.82, 2.24) is 15.2 Å². The quantitative estimate of drug-likeness (QED) is 0.842. The van der Waals surface area contributed by atoms with E-state index in [2.05, 4.69) is 10.3 Å². The summed E-state index contributed by atoms with van der Waals surface area (Å²) < 4.78 is 4.76. The Kier molecular flexibility index (Phi) is 6.18. The molecule has 1 N–H and O–H groups in total. The summed E-state index contributed by atoms with van der Waals surface area (Å²) in [6.07, 6.45) is 3.96. The van der Waals surface area contributed by atoms with E-state index in [0.717, 1.165) is 31.4 Å². The van der Waals surface area contributed by atoms with Crippen LogP contribution in [-0.4, -0.2) is 48.1 Å². The topological polar surface area (TPSA) is 71.5 Å². The number of hydrogen-bond donors (Lipinski definition) is 1. The number of piperidine rings is 1. The third kappa shape index (κ3) is 4.19. The second-order valence-corrected chi connectivity index (χ2v) is 6.37. The molecule has 122 valence electrons. The van der Waals surface area contributed by atoms with E-state index < -0.39 is 12.1 Å². The lowest BCUT2D eigenvalue weighted by Gasteiger charge is -2.33. The van der Waals surface area contributed by atoms with E-state index in [1.165, 1.54) is 16.9 Å². The van der Waals surface area contributed by atoms with Crippen molar-refractivity contribution in [1.29, 1.82) is 0 Å². The van der Waals surface area contributed by atoms with Gasteiger partial charge in [0.1, 0.15) is 6.04 Å². The smallest absolute Gasteiger partial charge is 0.410 e. The van der Waals surface area contributed by atoms with Crippen molar-refractivity contribution >= 4 is 23.3 Å². The van der Waals surface area contributed by atoms with Gasteiger partial charge in [-0.2, -0.15) is 0 Å². The number of amides is 2. The molecule has 0 bridgehead atoms. The van der Waals surface area contributed by atoms with Gasteiger partial charge in [0.2, 0.25) is 5.91 Å². The van der Waals surface area contributed by atoms with Crippen LogP contribution in [-0.2, 0) is 16.0 Å². The number of aryl methyl sites for hydroxylation is 2. The average Bonchev–Trinajstić information content (AvgIpc) is 2.95. The van der Waals surface area contributed by atoms with E-state index in [-0.39, 0.29) is 5.91 Å². The summed E-state index contributed by atoms with van der Waals surface area (Å²) in [5, 5.41) is 2.94. The highest BCUT2D eigenvalue weighted by molar-refractivity contribution is 7.09. The molecule has 0 aromatic carbocycles. The molecule has 0 radical (unpaired) electrons. The van der Waals surface area contributed by atoms with Gasteiger partial charge < -0.3 is 10.1 Å². The predicted molar refractivity (Wildman–Crippen MR) is 84.9 cm³/mol. The number of ether oxygens (including phenoxy) is 1. The highest BCUT2D eigenvalue weighted by Gasteiger charge is 2.32. The van der Waals surface area contributed by atoms with Crippen molar-refractivity contribution in [3.05, 3.63) is 16.1 Å². The maximum atomic E-state index is 12.3. The molecule has 1 aromatic rings.